The first kappa shape index (κ1) is 22.8. The van der Waals surface area contributed by atoms with Crippen LogP contribution < -0.4 is 0 Å². The molecular formula is C41H28. The van der Waals surface area contributed by atoms with Crippen LogP contribution in [0.5, 0.6) is 0 Å². The van der Waals surface area contributed by atoms with Gasteiger partial charge in [0.25, 0.3) is 0 Å². The smallest absolute Gasteiger partial charge is 0.00194 e. The highest BCUT2D eigenvalue weighted by atomic mass is 14.2. The molecule has 0 aliphatic rings. The zero-order chi connectivity index (χ0) is 27.1. The lowest BCUT2D eigenvalue weighted by molar-refractivity contribution is 1.14. The van der Waals surface area contributed by atoms with Crippen molar-refractivity contribution >= 4 is 64.6 Å². The summed E-state index contributed by atoms with van der Waals surface area (Å²) in [6.45, 7) is 2.24. The van der Waals surface area contributed by atoms with Crippen molar-refractivity contribution in [2.75, 3.05) is 0 Å². The Bertz CT molecular complexity index is 2220. The van der Waals surface area contributed by atoms with Crippen LogP contribution in [0.4, 0.5) is 0 Å². The molecule has 0 heteroatoms. The molecule has 0 aromatic heterocycles. The quantitative estimate of drug-likeness (QED) is 0.202. The number of hydrogen-bond acceptors (Lipinski definition) is 0. The van der Waals surface area contributed by atoms with Crippen LogP contribution in [0.25, 0.3) is 64.6 Å². The van der Waals surface area contributed by atoms with Gasteiger partial charge in [-0.3, -0.25) is 0 Å². The van der Waals surface area contributed by atoms with E-state index in [9.17, 15) is 0 Å². The molecule has 0 spiro atoms. The van der Waals surface area contributed by atoms with Crippen LogP contribution in [0, 0.1) is 6.92 Å². The maximum atomic E-state index is 2.43. The number of aryl methyl sites for hydroxylation is 1. The number of benzene rings is 9. The highest BCUT2D eigenvalue weighted by molar-refractivity contribution is 6.24. The zero-order valence-electron chi connectivity index (χ0n) is 23.0. The number of hydrogen-bond donors (Lipinski definition) is 0. The standard InChI is InChI=1S/C41H28/c1-25-20-26(23-34-14-12-32-10-8-28-4-2-6-30-16-18-36(34)40(32)38(28)30)22-27(21-25)24-35-15-13-33-11-9-29-5-3-7-31-17-19-37(35)41(33)39(29)31/h2-22H,23-24H2,1H3. The minimum absolute atomic E-state index is 0.932. The summed E-state index contributed by atoms with van der Waals surface area (Å²) in [5.74, 6) is 0. The molecule has 0 bridgehead atoms. The fourth-order valence-electron chi connectivity index (χ4n) is 7.49. The lowest BCUT2D eigenvalue weighted by Gasteiger charge is -2.16. The summed E-state index contributed by atoms with van der Waals surface area (Å²) >= 11 is 0. The molecule has 0 saturated heterocycles. The largest absolute Gasteiger partial charge is 0.0610 e. The van der Waals surface area contributed by atoms with Crippen molar-refractivity contribution in [1.29, 1.82) is 0 Å². The van der Waals surface area contributed by atoms with Gasteiger partial charge in [-0.15, -0.1) is 0 Å². The molecule has 0 heterocycles. The van der Waals surface area contributed by atoms with Crippen molar-refractivity contribution in [3.8, 4) is 0 Å². The predicted octanol–water partition coefficient (Wildman–Crippen LogP) is 11.0. The second-order valence-corrected chi connectivity index (χ2v) is 11.8. The van der Waals surface area contributed by atoms with E-state index in [1.54, 1.807) is 0 Å². The summed E-state index contributed by atoms with van der Waals surface area (Å²) in [4.78, 5) is 0. The van der Waals surface area contributed by atoms with Crippen LogP contribution in [0.1, 0.15) is 27.8 Å². The maximum Gasteiger partial charge on any atom is -0.00194 e. The van der Waals surface area contributed by atoms with E-state index >= 15 is 0 Å². The molecule has 9 aromatic carbocycles. The van der Waals surface area contributed by atoms with Crippen LogP contribution in [-0.2, 0) is 12.8 Å². The van der Waals surface area contributed by atoms with Crippen molar-refractivity contribution in [3.63, 3.8) is 0 Å². The summed E-state index contributed by atoms with van der Waals surface area (Å²) in [5.41, 5.74) is 6.89. The third-order valence-electron chi connectivity index (χ3n) is 9.22. The van der Waals surface area contributed by atoms with E-state index in [2.05, 4.69) is 134 Å². The summed E-state index contributed by atoms with van der Waals surface area (Å²) < 4.78 is 0. The molecule has 9 aromatic rings. The van der Waals surface area contributed by atoms with Crippen molar-refractivity contribution in [2.24, 2.45) is 0 Å². The van der Waals surface area contributed by atoms with Crippen molar-refractivity contribution in [1.82, 2.24) is 0 Å². The summed E-state index contributed by atoms with van der Waals surface area (Å²) in [7, 11) is 0. The Morgan fingerprint density at radius 2 is 0.732 bits per heavy atom. The molecule has 0 saturated carbocycles. The lowest BCUT2D eigenvalue weighted by Crippen LogP contribution is -1.97. The molecule has 0 nitrogen and oxygen atoms in total. The highest BCUT2D eigenvalue weighted by Gasteiger charge is 2.14. The Morgan fingerprint density at radius 3 is 1.17 bits per heavy atom. The average Bonchev–Trinajstić information content (AvgIpc) is 3.00. The Balaban J connectivity index is 1.14. The van der Waals surface area contributed by atoms with Gasteiger partial charge < -0.3 is 0 Å². The van der Waals surface area contributed by atoms with E-state index in [0.717, 1.165) is 12.8 Å². The topological polar surface area (TPSA) is 0 Å². The van der Waals surface area contributed by atoms with Gasteiger partial charge in [0.2, 0.25) is 0 Å². The van der Waals surface area contributed by atoms with Gasteiger partial charge in [0.15, 0.2) is 0 Å². The fraction of sp³-hybridized carbons (Fsp3) is 0.0732. The van der Waals surface area contributed by atoms with Gasteiger partial charge in [0, 0.05) is 0 Å². The first-order chi connectivity index (χ1) is 20.2. The Hall–Kier alpha value is -4.94. The molecule has 41 heavy (non-hydrogen) atoms. The molecule has 0 atom stereocenters. The van der Waals surface area contributed by atoms with Crippen LogP contribution >= 0.6 is 0 Å². The molecule has 9 rings (SSSR count). The van der Waals surface area contributed by atoms with Gasteiger partial charge in [-0.05, 0) is 107 Å². The van der Waals surface area contributed by atoms with E-state index in [1.807, 2.05) is 0 Å². The number of rotatable bonds is 4. The van der Waals surface area contributed by atoms with Gasteiger partial charge in [-0.1, -0.05) is 133 Å². The molecule has 0 aliphatic heterocycles. The SMILES string of the molecule is Cc1cc(Cc2ccc3ccc4cccc5ccc2c3c45)cc(Cc2ccc3ccc4cccc5ccc2c3c45)c1. The summed E-state index contributed by atoms with van der Waals surface area (Å²) in [6, 6.07) is 48.1. The Labute approximate surface area is 239 Å². The normalized spacial score (nSPS) is 12.2. The van der Waals surface area contributed by atoms with E-state index in [-0.39, 0.29) is 0 Å². The Kier molecular flexibility index (Phi) is 4.75. The van der Waals surface area contributed by atoms with Crippen molar-refractivity contribution in [3.05, 3.63) is 155 Å². The molecule has 0 N–H and O–H groups in total. The third kappa shape index (κ3) is 3.47. The average molecular weight is 521 g/mol. The summed E-state index contributed by atoms with van der Waals surface area (Å²) in [5, 5.41) is 16.3. The first-order valence-corrected chi connectivity index (χ1v) is 14.6. The molecule has 0 amide bonds. The second-order valence-electron chi connectivity index (χ2n) is 11.8. The van der Waals surface area contributed by atoms with Crippen LogP contribution in [0.2, 0.25) is 0 Å². The van der Waals surface area contributed by atoms with Gasteiger partial charge in [-0.25, -0.2) is 0 Å². The van der Waals surface area contributed by atoms with E-state index in [4.69, 9.17) is 0 Å². The minimum Gasteiger partial charge on any atom is -0.0610 e. The molecule has 192 valence electrons. The van der Waals surface area contributed by atoms with Gasteiger partial charge in [-0.2, -0.15) is 0 Å². The van der Waals surface area contributed by atoms with Crippen molar-refractivity contribution in [2.45, 2.75) is 19.8 Å². The first-order valence-electron chi connectivity index (χ1n) is 14.6. The highest BCUT2D eigenvalue weighted by Crippen LogP contribution is 2.38. The summed E-state index contributed by atoms with van der Waals surface area (Å²) in [6.07, 6.45) is 1.86. The second kappa shape index (κ2) is 8.53. The zero-order valence-corrected chi connectivity index (χ0v) is 23.0. The molecular weight excluding hydrogens is 492 g/mol. The van der Waals surface area contributed by atoms with E-state index in [1.165, 1.54) is 92.5 Å². The van der Waals surface area contributed by atoms with Crippen LogP contribution in [0.3, 0.4) is 0 Å². The van der Waals surface area contributed by atoms with E-state index in [0.29, 0.717) is 0 Å². The molecule has 0 unspecified atom stereocenters. The minimum atomic E-state index is 0.932. The van der Waals surface area contributed by atoms with Gasteiger partial charge in [0.1, 0.15) is 0 Å². The third-order valence-corrected chi connectivity index (χ3v) is 9.22. The molecule has 0 fully saturated rings. The van der Waals surface area contributed by atoms with Crippen LogP contribution in [0.15, 0.2) is 127 Å². The lowest BCUT2D eigenvalue weighted by atomic mass is 9.88. The Morgan fingerprint density at radius 1 is 0.366 bits per heavy atom. The monoisotopic (exact) mass is 520 g/mol. The van der Waals surface area contributed by atoms with Crippen LogP contribution in [-0.4, -0.2) is 0 Å². The fourth-order valence-corrected chi connectivity index (χ4v) is 7.49. The molecule has 0 radical (unpaired) electrons. The van der Waals surface area contributed by atoms with Crippen molar-refractivity contribution < 1.29 is 0 Å². The van der Waals surface area contributed by atoms with E-state index < -0.39 is 0 Å². The molecule has 0 aliphatic carbocycles. The maximum absolute atomic E-state index is 2.43. The van der Waals surface area contributed by atoms with Gasteiger partial charge >= 0.3 is 0 Å². The van der Waals surface area contributed by atoms with Gasteiger partial charge in [0.05, 0.1) is 0 Å². The predicted molar refractivity (Wildman–Crippen MR) is 177 cm³/mol.